The predicted octanol–water partition coefficient (Wildman–Crippen LogP) is 3.50. The van der Waals surface area contributed by atoms with Crippen LogP contribution in [0.2, 0.25) is 0 Å². The molecule has 1 aliphatic heterocycles. The average Bonchev–Trinajstić information content (AvgIpc) is 3.29. The van der Waals surface area contributed by atoms with Crippen molar-refractivity contribution in [1.29, 1.82) is 0 Å². The Balaban J connectivity index is 0.00000385. The summed E-state index contributed by atoms with van der Waals surface area (Å²) < 4.78 is 19.9. The van der Waals surface area contributed by atoms with Crippen LogP contribution in [0.3, 0.4) is 0 Å². The Bertz CT molecular complexity index is 862. The molecule has 0 spiro atoms. The molecule has 1 aromatic carbocycles. The SMILES string of the molecule is CCN(CC)CCOc1ccc(CNC(=NC)NC2CCN(c3ncccc3F)C2)cc1.I. The van der Waals surface area contributed by atoms with Crippen molar-refractivity contribution in [2.24, 2.45) is 4.99 Å². The van der Waals surface area contributed by atoms with E-state index in [-0.39, 0.29) is 35.8 Å². The van der Waals surface area contributed by atoms with Gasteiger partial charge in [-0.2, -0.15) is 0 Å². The highest BCUT2D eigenvalue weighted by molar-refractivity contribution is 14.0. The number of rotatable bonds is 10. The molecule has 2 aromatic rings. The van der Waals surface area contributed by atoms with E-state index >= 15 is 0 Å². The van der Waals surface area contributed by atoms with Crippen molar-refractivity contribution < 1.29 is 9.13 Å². The molecule has 33 heavy (non-hydrogen) atoms. The second kappa shape index (κ2) is 14.2. The van der Waals surface area contributed by atoms with E-state index < -0.39 is 0 Å². The monoisotopic (exact) mass is 570 g/mol. The van der Waals surface area contributed by atoms with Gasteiger partial charge >= 0.3 is 0 Å². The van der Waals surface area contributed by atoms with Crippen molar-refractivity contribution in [1.82, 2.24) is 20.5 Å². The van der Waals surface area contributed by atoms with E-state index in [2.05, 4.69) is 51.5 Å². The molecule has 1 unspecified atom stereocenters. The molecule has 0 amide bonds. The van der Waals surface area contributed by atoms with Crippen molar-refractivity contribution in [2.75, 3.05) is 51.3 Å². The highest BCUT2D eigenvalue weighted by Crippen LogP contribution is 2.20. The molecule has 1 atom stereocenters. The number of hydrogen-bond donors (Lipinski definition) is 2. The third kappa shape index (κ3) is 8.29. The van der Waals surface area contributed by atoms with Gasteiger partial charge in [-0.1, -0.05) is 26.0 Å². The highest BCUT2D eigenvalue weighted by Gasteiger charge is 2.25. The lowest BCUT2D eigenvalue weighted by Gasteiger charge is -2.20. The number of halogens is 2. The number of nitrogens with one attached hydrogen (secondary N) is 2. The largest absolute Gasteiger partial charge is 0.492 e. The zero-order valence-electron chi connectivity index (χ0n) is 19.8. The summed E-state index contributed by atoms with van der Waals surface area (Å²) in [6.07, 6.45) is 2.53. The van der Waals surface area contributed by atoms with E-state index in [1.165, 1.54) is 6.07 Å². The number of aliphatic imine (C=N–C) groups is 1. The molecule has 0 saturated carbocycles. The van der Waals surface area contributed by atoms with Gasteiger partial charge in [0.2, 0.25) is 0 Å². The maximum absolute atomic E-state index is 14.0. The first-order valence-corrected chi connectivity index (χ1v) is 11.4. The Kier molecular flexibility index (Phi) is 11.7. The van der Waals surface area contributed by atoms with Crippen LogP contribution in [0.15, 0.2) is 47.6 Å². The molecule has 7 nitrogen and oxygen atoms in total. The number of nitrogens with zero attached hydrogens (tertiary/aromatic N) is 4. The van der Waals surface area contributed by atoms with E-state index in [4.69, 9.17) is 4.74 Å². The first-order valence-electron chi connectivity index (χ1n) is 11.4. The molecule has 3 rings (SSSR count). The number of benzene rings is 1. The molecule has 0 bridgehead atoms. The van der Waals surface area contributed by atoms with Gasteiger partial charge in [-0.3, -0.25) is 4.99 Å². The maximum atomic E-state index is 14.0. The number of hydrogen-bond acceptors (Lipinski definition) is 5. The molecule has 9 heteroatoms. The quantitative estimate of drug-likeness (QED) is 0.259. The normalized spacial score (nSPS) is 16.0. The van der Waals surface area contributed by atoms with Gasteiger partial charge in [-0.15, -0.1) is 24.0 Å². The molecule has 1 saturated heterocycles. The van der Waals surface area contributed by atoms with Crippen molar-refractivity contribution in [3.8, 4) is 5.75 Å². The van der Waals surface area contributed by atoms with Crippen LogP contribution in [0, 0.1) is 5.82 Å². The number of aromatic nitrogens is 1. The summed E-state index contributed by atoms with van der Waals surface area (Å²) in [5, 5.41) is 6.79. The third-order valence-corrected chi connectivity index (χ3v) is 5.75. The fraction of sp³-hybridized carbons (Fsp3) is 0.500. The number of guanidine groups is 1. The Morgan fingerprint density at radius 3 is 2.67 bits per heavy atom. The molecule has 1 fully saturated rings. The summed E-state index contributed by atoms with van der Waals surface area (Å²) in [4.78, 5) is 12.8. The van der Waals surface area contributed by atoms with Crippen LogP contribution in [0.4, 0.5) is 10.2 Å². The summed E-state index contributed by atoms with van der Waals surface area (Å²) in [6.45, 7) is 10.1. The molecule has 1 aliphatic rings. The molecular formula is C24H36FIN6O. The number of likely N-dealkylation sites (N-methyl/N-ethyl adjacent to an activating group) is 1. The van der Waals surface area contributed by atoms with Crippen molar-refractivity contribution >= 4 is 35.8 Å². The van der Waals surface area contributed by atoms with Gasteiger partial charge in [-0.05, 0) is 49.3 Å². The van der Waals surface area contributed by atoms with E-state index in [1.54, 1.807) is 19.3 Å². The lowest BCUT2D eigenvalue weighted by Crippen LogP contribution is -2.44. The van der Waals surface area contributed by atoms with Gasteiger partial charge in [0.15, 0.2) is 17.6 Å². The van der Waals surface area contributed by atoms with Crippen molar-refractivity contribution in [2.45, 2.75) is 32.9 Å². The van der Waals surface area contributed by atoms with Crippen molar-refractivity contribution in [3.05, 3.63) is 54.0 Å². The Morgan fingerprint density at radius 2 is 2.00 bits per heavy atom. The van der Waals surface area contributed by atoms with Gasteiger partial charge in [0.05, 0.1) is 0 Å². The topological polar surface area (TPSA) is 65.0 Å². The maximum Gasteiger partial charge on any atom is 0.191 e. The van der Waals surface area contributed by atoms with E-state index in [9.17, 15) is 4.39 Å². The van der Waals surface area contributed by atoms with Crippen LogP contribution in [0.25, 0.3) is 0 Å². The molecular weight excluding hydrogens is 534 g/mol. The average molecular weight is 570 g/mol. The van der Waals surface area contributed by atoms with Gasteiger partial charge < -0.3 is 25.2 Å². The minimum Gasteiger partial charge on any atom is -0.492 e. The number of ether oxygens (including phenoxy) is 1. The van der Waals surface area contributed by atoms with Gasteiger partial charge in [0.1, 0.15) is 12.4 Å². The standard InChI is InChI=1S/C24H35FN6O.HI/c1-4-30(5-2)15-16-32-21-10-8-19(9-11-21)17-28-24(26-3)29-20-12-14-31(18-20)23-22(25)7-6-13-27-23;/h6-11,13,20H,4-5,12,14-18H2,1-3H3,(H2,26,28,29);1H. The summed E-state index contributed by atoms with van der Waals surface area (Å²) in [6, 6.07) is 11.4. The smallest absolute Gasteiger partial charge is 0.191 e. The number of pyridine rings is 1. The molecule has 182 valence electrons. The molecule has 0 radical (unpaired) electrons. The first kappa shape index (κ1) is 27.1. The second-order valence-electron chi connectivity index (χ2n) is 7.83. The van der Waals surface area contributed by atoms with E-state index in [0.717, 1.165) is 49.9 Å². The zero-order chi connectivity index (χ0) is 22.8. The van der Waals surface area contributed by atoms with E-state index in [0.29, 0.717) is 25.5 Å². The summed E-state index contributed by atoms with van der Waals surface area (Å²) in [5.41, 5.74) is 1.15. The predicted molar refractivity (Wildman–Crippen MR) is 143 cm³/mol. The van der Waals surface area contributed by atoms with E-state index in [1.807, 2.05) is 17.0 Å². The van der Waals surface area contributed by atoms with Gasteiger partial charge in [-0.25, -0.2) is 9.37 Å². The lowest BCUT2D eigenvalue weighted by molar-refractivity contribution is 0.223. The van der Waals surface area contributed by atoms with Crippen LogP contribution in [-0.4, -0.2) is 68.3 Å². The summed E-state index contributed by atoms with van der Waals surface area (Å²) in [7, 11) is 1.76. The van der Waals surface area contributed by atoms with Crippen LogP contribution >= 0.6 is 24.0 Å². The van der Waals surface area contributed by atoms with Crippen LogP contribution in [0.5, 0.6) is 5.75 Å². The molecule has 0 aliphatic carbocycles. The van der Waals surface area contributed by atoms with Gasteiger partial charge in [0, 0.05) is 45.5 Å². The molecule has 2 heterocycles. The second-order valence-corrected chi connectivity index (χ2v) is 7.83. The third-order valence-electron chi connectivity index (χ3n) is 5.75. The van der Waals surface area contributed by atoms with Crippen molar-refractivity contribution in [3.63, 3.8) is 0 Å². The zero-order valence-corrected chi connectivity index (χ0v) is 22.1. The minimum atomic E-state index is -0.281. The van der Waals surface area contributed by atoms with Crippen LogP contribution < -0.4 is 20.3 Å². The first-order chi connectivity index (χ1) is 15.6. The molecule has 2 N–H and O–H groups in total. The minimum absolute atomic E-state index is 0. The lowest BCUT2D eigenvalue weighted by atomic mass is 10.2. The molecule has 1 aromatic heterocycles. The summed E-state index contributed by atoms with van der Waals surface area (Å²) >= 11 is 0. The fourth-order valence-corrected chi connectivity index (χ4v) is 3.79. The van der Waals surface area contributed by atoms with Crippen LogP contribution in [0.1, 0.15) is 25.8 Å². The number of anilines is 1. The Morgan fingerprint density at radius 1 is 1.24 bits per heavy atom. The summed E-state index contributed by atoms with van der Waals surface area (Å²) in [5.74, 6) is 1.75. The Hall–Kier alpha value is -2.14. The Labute approximate surface area is 213 Å². The van der Waals surface area contributed by atoms with Crippen LogP contribution in [-0.2, 0) is 6.54 Å². The van der Waals surface area contributed by atoms with Gasteiger partial charge in [0.25, 0.3) is 0 Å². The highest BCUT2D eigenvalue weighted by atomic mass is 127. The fourth-order valence-electron chi connectivity index (χ4n) is 3.79.